The number of fused-ring (bicyclic) bond motifs is 2. The molecule has 0 aromatic carbocycles. The molecule has 2 rings (SSSR count). The van der Waals surface area contributed by atoms with Crippen molar-refractivity contribution in [3.05, 3.63) is 0 Å². The van der Waals surface area contributed by atoms with Gasteiger partial charge in [-0.1, -0.05) is 6.42 Å². The van der Waals surface area contributed by atoms with Crippen LogP contribution in [0.3, 0.4) is 0 Å². The van der Waals surface area contributed by atoms with Crippen LogP contribution in [-0.4, -0.2) is 29.7 Å². The van der Waals surface area contributed by atoms with Gasteiger partial charge in [0.2, 0.25) is 0 Å². The van der Waals surface area contributed by atoms with Gasteiger partial charge in [-0.05, 0) is 31.1 Å². The molecule has 5 heteroatoms. The average molecular weight is 212 g/mol. The topological polar surface area (TPSA) is 78.4 Å². The number of rotatable bonds is 3. The number of carbonyl (C=O) groups excluding carboxylic acids is 1. The average Bonchev–Trinajstić information content (AvgIpc) is 2.76. The predicted octanol–water partition coefficient (Wildman–Crippen LogP) is 0.559. The van der Waals surface area contributed by atoms with E-state index in [9.17, 15) is 9.59 Å². The largest absolute Gasteiger partial charge is 0.480 e. The second kappa shape index (κ2) is 4.08. The van der Waals surface area contributed by atoms with Gasteiger partial charge in [0.25, 0.3) is 0 Å². The molecule has 3 unspecified atom stereocenters. The van der Waals surface area contributed by atoms with Crippen molar-refractivity contribution in [3.63, 3.8) is 0 Å². The molecular formula is C10H16N2O3. The molecule has 5 nitrogen and oxygen atoms in total. The Morgan fingerprint density at radius 3 is 2.60 bits per heavy atom. The zero-order valence-electron chi connectivity index (χ0n) is 8.53. The highest BCUT2D eigenvalue weighted by molar-refractivity contribution is 5.80. The van der Waals surface area contributed by atoms with Crippen LogP contribution in [0.15, 0.2) is 0 Å². The van der Waals surface area contributed by atoms with Crippen molar-refractivity contribution in [1.29, 1.82) is 0 Å². The number of carboxylic acid groups (broad SMARTS) is 1. The SMILES string of the molecule is O=C(O)CNC(=O)NC1CC2CCC1C2. The minimum atomic E-state index is -1.02. The summed E-state index contributed by atoms with van der Waals surface area (Å²) in [5.41, 5.74) is 0. The molecule has 2 saturated carbocycles. The Bertz CT molecular complexity index is 280. The Balaban J connectivity index is 1.73. The molecule has 0 spiro atoms. The summed E-state index contributed by atoms with van der Waals surface area (Å²) in [5.74, 6) is 0.378. The lowest BCUT2D eigenvalue weighted by Crippen LogP contribution is -2.45. The third-order valence-corrected chi connectivity index (χ3v) is 3.45. The number of nitrogens with one attached hydrogen (secondary N) is 2. The molecule has 2 amide bonds. The first-order chi connectivity index (χ1) is 7.15. The number of carbonyl (C=O) groups is 2. The van der Waals surface area contributed by atoms with Crippen LogP contribution in [-0.2, 0) is 4.79 Å². The molecule has 0 aromatic rings. The highest BCUT2D eigenvalue weighted by Crippen LogP contribution is 2.44. The summed E-state index contributed by atoms with van der Waals surface area (Å²) in [6, 6.07) is -0.0903. The van der Waals surface area contributed by atoms with Crippen LogP contribution >= 0.6 is 0 Å². The van der Waals surface area contributed by atoms with Crippen LogP contribution < -0.4 is 10.6 Å². The van der Waals surface area contributed by atoms with Crippen LogP contribution in [0.2, 0.25) is 0 Å². The van der Waals surface area contributed by atoms with Crippen molar-refractivity contribution < 1.29 is 14.7 Å². The van der Waals surface area contributed by atoms with Crippen molar-refractivity contribution in [2.24, 2.45) is 11.8 Å². The Hall–Kier alpha value is -1.26. The van der Waals surface area contributed by atoms with E-state index in [1.165, 1.54) is 19.3 Å². The molecule has 0 heterocycles. The highest BCUT2D eigenvalue weighted by Gasteiger charge is 2.40. The Kier molecular flexibility index (Phi) is 2.79. The number of carboxylic acids is 1. The molecule has 2 aliphatic carbocycles. The van der Waals surface area contributed by atoms with Gasteiger partial charge in [0.15, 0.2) is 0 Å². The fraction of sp³-hybridized carbons (Fsp3) is 0.800. The maximum Gasteiger partial charge on any atom is 0.323 e. The van der Waals surface area contributed by atoms with Crippen LogP contribution in [0.5, 0.6) is 0 Å². The van der Waals surface area contributed by atoms with E-state index in [0.29, 0.717) is 5.92 Å². The second-order valence-corrected chi connectivity index (χ2v) is 4.50. The van der Waals surface area contributed by atoms with Crippen molar-refractivity contribution in [2.45, 2.75) is 31.7 Å². The lowest BCUT2D eigenvalue weighted by molar-refractivity contribution is -0.135. The van der Waals surface area contributed by atoms with E-state index < -0.39 is 5.97 Å². The molecule has 2 aliphatic rings. The van der Waals surface area contributed by atoms with E-state index in [1.54, 1.807) is 0 Å². The van der Waals surface area contributed by atoms with Gasteiger partial charge in [0.1, 0.15) is 6.54 Å². The molecule has 0 aromatic heterocycles. The summed E-state index contributed by atoms with van der Waals surface area (Å²) >= 11 is 0. The summed E-state index contributed by atoms with van der Waals surface area (Å²) in [5, 5.41) is 13.6. The summed E-state index contributed by atoms with van der Waals surface area (Å²) in [4.78, 5) is 21.5. The Morgan fingerprint density at radius 1 is 1.27 bits per heavy atom. The van der Waals surface area contributed by atoms with Gasteiger partial charge < -0.3 is 15.7 Å². The second-order valence-electron chi connectivity index (χ2n) is 4.50. The molecule has 0 aliphatic heterocycles. The van der Waals surface area contributed by atoms with Crippen LogP contribution in [0.4, 0.5) is 4.79 Å². The van der Waals surface area contributed by atoms with Crippen LogP contribution in [0.1, 0.15) is 25.7 Å². The highest BCUT2D eigenvalue weighted by atomic mass is 16.4. The molecular weight excluding hydrogens is 196 g/mol. The first-order valence-electron chi connectivity index (χ1n) is 5.41. The van der Waals surface area contributed by atoms with Gasteiger partial charge in [-0.2, -0.15) is 0 Å². The third kappa shape index (κ3) is 2.40. The normalized spacial score (nSPS) is 32.7. The molecule has 0 saturated heterocycles. The molecule has 3 N–H and O–H groups in total. The Morgan fingerprint density at radius 2 is 2.07 bits per heavy atom. The zero-order valence-corrected chi connectivity index (χ0v) is 8.53. The van der Waals surface area contributed by atoms with Crippen molar-refractivity contribution in [3.8, 4) is 0 Å². The first kappa shape index (κ1) is 10.3. The van der Waals surface area contributed by atoms with E-state index in [0.717, 1.165) is 12.3 Å². The van der Waals surface area contributed by atoms with Gasteiger partial charge in [-0.3, -0.25) is 4.79 Å². The van der Waals surface area contributed by atoms with Gasteiger partial charge in [-0.25, -0.2) is 4.79 Å². The minimum absolute atomic E-state index is 0.262. The summed E-state index contributed by atoms with van der Waals surface area (Å²) in [6.45, 7) is -0.313. The third-order valence-electron chi connectivity index (χ3n) is 3.45. The van der Waals surface area contributed by atoms with Crippen molar-refractivity contribution >= 4 is 12.0 Å². The maximum atomic E-state index is 11.3. The number of amides is 2. The number of hydrogen-bond donors (Lipinski definition) is 3. The molecule has 2 bridgehead atoms. The zero-order chi connectivity index (χ0) is 10.8. The molecule has 15 heavy (non-hydrogen) atoms. The number of aliphatic carboxylic acids is 1. The van der Waals surface area contributed by atoms with Gasteiger partial charge in [0, 0.05) is 6.04 Å². The lowest BCUT2D eigenvalue weighted by atomic mass is 9.95. The molecule has 0 radical (unpaired) electrons. The monoisotopic (exact) mass is 212 g/mol. The minimum Gasteiger partial charge on any atom is -0.480 e. The van der Waals surface area contributed by atoms with Crippen LogP contribution in [0, 0.1) is 11.8 Å². The van der Waals surface area contributed by atoms with E-state index in [-0.39, 0.29) is 18.6 Å². The Labute approximate surface area is 88.2 Å². The standard InChI is InChI=1S/C10H16N2O3/c13-9(14)5-11-10(15)12-8-4-6-1-2-7(8)3-6/h6-8H,1-5H2,(H,13,14)(H2,11,12,15). The fourth-order valence-electron chi connectivity index (χ4n) is 2.80. The van der Waals surface area contributed by atoms with Gasteiger partial charge >= 0.3 is 12.0 Å². The van der Waals surface area contributed by atoms with E-state index in [1.807, 2.05) is 0 Å². The lowest BCUT2D eigenvalue weighted by Gasteiger charge is -2.22. The predicted molar refractivity (Wildman–Crippen MR) is 53.4 cm³/mol. The van der Waals surface area contributed by atoms with E-state index >= 15 is 0 Å². The summed E-state index contributed by atoms with van der Waals surface area (Å²) in [6.07, 6.45) is 4.78. The van der Waals surface area contributed by atoms with Gasteiger partial charge in [-0.15, -0.1) is 0 Å². The number of urea groups is 1. The smallest absolute Gasteiger partial charge is 0.323 e. The molecule has 3 atom stereocenters. The van der Waals surface area contributed by atoms with Gasteiger partial charge in [0.05, 0.1) is 0 Å². The van der Waals surface area contributed by atoms with E-state index in [4.69, 9.17) is 5.11 Å². The summed E-state index contributed by atoms with van der Waals surface area (Å²) < 4.78 is 0. The molecule has 84 valence electrons. The molecule has 2 fully saturated rings. The van der Waals surface area contributed by atoms with Crippen molar-refractivity contribution in [1.82, 2.24) is 10.6 Å². The number of hydrogen-bond acceptors (Lipinski definition) is 2. The van der Waals surface area contributed by atoms with E-state index in [2.05, 4.69) is 10.6 Å². The quantitative estimate of drug-likeness (QED) is 0.639. The first-order valence-corrected chi connectivity index (χ1v) is 5.41. The van der Waals surface area contributed by atoms with Crippen molar-refractivity contribution in [2.75, 3.05) is 6.54 Å². The fourth-order valence-corrected chi connectivity index (χ4v) is 2.80. The van der Waals surface area contributed by atoms with Crippen LogP contribution in [0.25, 0.3) is 0 Å². The maximum absolute atomic E-state index is 11.3. The summed E-state index contributed by atoms with van der Waals surface area (Å²) in [7, 11) is 0.